The molecule has 0 radical (unpaired) electrons. The summed E-state index contributed by atoms with van der Waals surface area (Å²) in [7, 11) is 0. The van der Waals surface area contributed by atoms with Crippen molar-refractivity contribution < 1.29 is 4.74 Å². The molecule has 0 amide bonds. The van der Waals surface area contributed by atoms with Crippen molar-refractivity contribution in [2.24, 2.45) is 0 Å². The molecule has 0 saturated heterocycles. The molecular formula is C19H20N2O. The van der Waals surface area contributed by atoms with E-state index < -0.39 is 0 Å². The Hall–Kier alpha value is -2.55. The lowest BCUT2D eigenvalue weighted by Gasteiger charge is -2.20. The third-order valence-corrected chi connectivity index (χ3v) is 3.68. The molecule has 0 fully saturated rings. The zero-order valence-corrected chi connectivity index (χ0v) is 12.7. The fraction of sp³-hybridized carbons (Fsp3) is 0.211. The quantitative estimate of drug-likeness (QED) is 0.673. The van der Waals surface area contributed by atoms with Crippen LogP contribution in [0.5, 0.6) is 5.75 Å². The number of nitrogens with zero attached hydrogens (tertiary/aromatic N) is 2. The molecule has 2 aromatic carbocycles. The smallest absolute Gasteiger partial charge is 0.125 e. The number of rotatable bonds is 6. The fourth-order valence-corrected chi connectivity index (χ4v) is 2.43. The molecular weight excluding hydrogens is 272 g/mol. The van der Waals surface area contributed by atoms with Gasteiger partial charge in [-0.25, -0.2) is 4.98 Å². The number of aromatic nitrogens is 2. The van der Waals surface area contributed by atoms with Crippen molar-refractivity contribution >= 4 is 0 Å². The summed E-state index contributed by atoms with van der Waals surface area (Å²) < 4.78 is 8.30. The van der Waals surface area contributed by atoms with Gasteiger partial charge in [-0.3, -0.25) is 0 Å². The lowest BCUT2D eigenvalue weighted by Crippen LogP contribution is -2.11. The Kier molecular flexibility index (Phi) is 4.54. The Balaban J connectivity index is 1.75. The molecule has 1 heterocycles. The van der Waals surface area contributed by atoms with Crippen LogP contribution < -0.4 is 4.74 Å². The van der Waals surface area contributed by atoms with E-state index in [1.165, 1.54) is 11.1 Å². The van der Waals surface area contributed by atoms with Gasteiger partial charge in [0, 0.05) is 25.4 Å². The average molecular weight is 292 g/mol. The summed E-state index contributed by atoms with van der Waals surface area (Å²) >= 11 is 0. The number of benzene rings is 2. The van der Waals surface area contributed by atoms with Crippen LogP contribution in [0.4, 0.5) is 0 Å². The van der Waals surface area contributed by atoms with Gasteiger partial charge in [-0.15, -0.1) is 0 Å². The summed E-state index contributed by atoms with van der Waals surface area (Å²) in [6.45, 7) is 2.96. The molecule has 3 aromatic rings. The lowest BCUT2D eigenvalue weighted by molar-refractivity contribution is 0.188. The highest BCUT2D eigenvalue weighted by Crippen LogP contribution is 2.25. The molecule has 0 bridgehead atoms. The number of aryl methyl sites for hydroxylation is 2. The van der Waals surface area contributed by atoms with Crippen LogP contribution in [0.15, 0.2) is 73.3 Å². The number of hydrogen-bond acceptors (Lipinski definition) is 2. The maximum atomic E-state index is 6.22. The van der Waals surface area contributed by atoms with Crippen molar-refractivity contribution in [3.8, 4) is 5.75 Å². The summed E-state index contributed by atoms with van der Waals surface area (Å²) in [5.74, 6) is 0.907. The third-order valence-electron chi connectivity index (χ3n) is 3.68. The van der Waals surface area contributed by atoms with Crippen molar-refractivity contribution in [1.29, 1.82) is 0 Å². The highest BCUT2D eigenvalue weighted by Gasteiger charge is 2.13. The third kappa shape index (κ3) is 3.76. The molecule has 0 aliphatic carbocycles. The van der Waals surface area contributed by atoms with Crippen molar-refractivity contribution in [2.45, 2.75) is 26.0 Å². The second-order valence-electron chi connectivity index (χ2n) is 5.42. The Morgan fingerprint density at radius 2 is 1.82 bits per heavy atom. The van der Waals surface area contributed by atoms with Gasteiger partial charge in [0.05, 0.1) is 6.33 Å². The Morgan fingerprint density at radius 3 is 2.50 bits per heavy atom. The molecule has 0 spiro atoms. The first-order chi connectivity index (χ1) is 10.8. The summed E-state index contributed by atoms with van der Waals surface area (Å²) in [6.07, 6.45) is 6.56. The molecule has 3 heteroatoms. The van der Waals surface area contributed by atoms with E-state index in [1.54, 1.807) is 6.20 Å². The van der Waals surface area contributed by atoms with Gasteiger partial charge in [-0.1, -0.05) is 48.0 Å². The Bertz CT molecular complexity index is 675. The van der Waals surface area contributed by atoms with Gasteiger partial charge in [0.2, 0.25) is 0 Å². The maximum absolute atomic E-state index is 6.22. The lowest BCUT2D eigenvalue weighted by atomic mass is 10.1. The van der Waals surface area contributed by atoms with Gasteiger partial charge in [-0.05, 0) is 24.6 Å². The molecule has 1 aromatic heterocycles. The molecule has 0 unspecified atom stereocenters. The first kappa shape index (κ1) is 14.4. The highest BCUT2D eigenvalue weighted by atomic mass is 16.5. The normalized spacial score (nSPS) is 12.0. The van der Waals surface area contributed by atoms with E-state index in [-0.39, 0.29) is 6.10 Å². The molecule has 1 atom stereocenters. The van der Waals surface area contributed by atoms with Crippen molar-refractivity contribution in [3.05, 3.63) is 84.4 Å². The van der Waals surface area contributed by atoms with Gasteiger partial charge < -0.3 is 9.30 Å². The van der Waals surface area contributed by atoms with Crippen molar-refractivity contribution in [1.82, 2.24) is 9.55 Å². The maximum Gasteiger partial charge on any atom is 0.125 e. The fourth-order valence-electron chi connectivity index (χ4n) is 2.43. The first-order valence-electron chi connectivity index (χ1n) is 7.55. The minimum atomic E-state index is 0.0336. The first-order valence-corrected chi connectivity index (χ1v) is 7.55. The SMILES string of the molecule is Cc1ccc(O[C@@H](CCn2ccnc2)c2ccccc2)cc1. The van der Waals surface area contributed by atoms with Gasteiger partial charge in [0.1, 0.15) is 11.9 Å². The molecule has 0 N–H and O–H groups in total. The predicted octanol–water partition coefficient (Wildman–Crippen LogP) is 4.40. The minimum Gasteiger partial charge on any atom is -0.486 e. The molecule has 22 heavy (non-hydrogen) atoms. The van der Waals surface area contributed by atoms with E-state index in [2.05, 4.69) is 52.9 Å². The van der Waals surface area contributed by atoms with Crippen LogP contribution >= 0.6 is 0 Å². The van der Waals surface area contributed by atoms with E-state index in [0.29, 0.717) is 0 Å². The largest absolute Gasteiger partial charge is 0.486 e. The number of ether oxygens (including phenoxy) is 1. The van der Waals surface area contributed by atoms with Gasteiger partial charge in [0.15, 0.2) is 0 Å². The van der Waals surface area contributed by atoms with E-state index in [1.807, 2.05) is 30.7 Å². The predicted molar refractivity (Wildman–Crippen MR) is 87.8 cm³/mol. The van der Waals surface area contributed by atoms with Gasteiger partial charge >= 0.3 is 0 Å². The van der Waals surface area contributed by atoms with E-state index in [0.717, 1.165) is 18.7 Å². The number of hydrogen-bond donors (Lipinski definition) is 0. The zero-order chi connectivity index (χ0) is 15.2. The Labute approximate surface area is 131 Å². The van der Waals surface area contributed by atoms with Crippen molar-refractivity contribution in [2.75, 3.05) is 0 Å². The highest BCUT2D eigenvalue weighted by molar-refractivity contribution is 5.28. The number of imidazole rings is 1. The zero-order valence-electron chi connectivity index (χ0n) is 12.7. The second-order valence-corrected chi connectivity index (χ2v) is 5.42. The van der Waals surface area contributed by atoms with Gasteiger partial charge in [0.25, 0.3) is 0 Å². The average Bonchev–Trinajstić information content (AvgIpc) is 3.07. The van der Waals surface area contributed by atoms with E-state index >= 15 is 0 Å². The van der Waals surface area contributed by atoms with Crippen LogP contribution in [-0.2, 0) is 6.54 Å². The molecule has 3 rings (SSSR count). The molecule has 0 aliphatic heterocycles. The monoisotopic (exact) mass is 292 g/mol. The molecule has 3 nitrogen and oxygen atoms in total. The van der Waals surface area contributed by atoms with Crippen LogP contribution in [0.1, 0.15) is 23.7 Å². The second kappa shape index (κ2) is 6.94. The van der Waals surface area contributed by atoms with Crippen LogP contribution in [0.2, 0.25) is 0 Å². The van der Waals surface area contributed by atoms with Crippen LogP contribution in [-0.4, -0.2) is 9.55 Å². The standard InChI is InChI=1S/C19H20N2O/c1-16-7-9-18(10-8-16)22-19(17-5-3-2-4-6-17)11-13-21-14-12-20-15-21/h2-10,12,14-15,19H,11,13H2,1H3/t19-/m0/s1. The summed E-state index contributed by atoms with van der Waals surface area (Å²) in [6, 6.07) is 18.6. The van der Waals surface area contributed by atoms with E-state index in [4.69, 9.17) is 4.74 Å². The van der Waals surface area contributed by atoms with E-state index in [9.17, 15) is 0 Å². The topological polar surface area (TPSA) is 27.1 Å². The minimum absolute atomic E-state index is 0.0336. The molecule has 0 saturated carbocycles. The van der Waals surface area contributed by atoms with Crippen LogP contribution in [0.25, 0.3) is 0 Å². The van der Waals surface area contributed by atoms with Crippen LogP contribution in [0, 0.1) is 6.92 Å². The van der Waals surface area contributed by atoms with Gasteiger partial charge in [-0.2, -0.15) is 0 Å². The molecule has 0 aliphatic rings. The summed E-state index contributed by atoms with van der Waals surface area (Å²) in [4.78, 5) is 4.09. The van der Waals surface area contributed by atoms with Crippen molar-refractivity contribution in [3.63, 3.8) is 0 Å². The summed E-state index contributed by atoms with van der Waals surface area (Å²) in [5.41, 5.74) is 2.44. The molecule has 112 valence electrons. The Morgan fingerprint density at radius 1 is 1.05 bits per heavy atom. The summed E-state index contributed by atoms with van der Waals surface area (Å²) in [5, 5.41) is 0. The van der Waals surface area contributed by atoms with Crippen LogP contribution in [0.3, 0.4) is 0 Å².